The molecule has 0 aromatic carbocycles. The Bertz CT molecular complexity index is 609. The van der Waals surface area contributed by atoms with Crippen LogP contribution in [0.15, 0.2) is 28.9 Å². The van der Waals surface area contributed by atoms with Gasteiger partial charge in [-0.05, 0) is 25.1 Å². The Kier molecular flexibility index (Phi) is 2.63. The van der Waals surface area contributed by atoms with Crippen LogP contribution in [0.2, 0.25) is 0 Å². The highest BCUT2D eigenvalue weighted by Gasteiger charge is 2.15. The minimum Gasteiger partial charge on any atom is -0.464 e. The average Bonchev–Trinajstić information content (AvgIpc) is 2.81. The van der Waals surface area contributed by atoms with E-state index in [2.05, 4.69) is 4.98 Å². The normalized spacial score (nSPS) is 9.88. The van der Waals surface area contributed by atoms with Gasteiger partial charge in [0.2, 0.25) is 0 Å². The maximum absolute atomic E-state index is 11.1. The smallest absolute Gasteiger partial charge is 0.267 e. The van der Waals surface area contributed by atoms with E-state index < -0.39 is 5.91 Å². The second-order valence-electron chi connectivity index (χ2n) is 3.47. The molecule has 2 aromatic rings. The third-order valence-corrected chi connectivity index (χ3v) is 2.35. The maximum atomic E-state index is 11.1. The summed E-state index contributed by atoms with van der Waals surface area (Å²) in [5.41, 5.74) is 6.66. The average molecular weight is 227 g/mol. The Morgan fingerprint density at radius 1 is 1.59 bits per heavy atom. The van der Waals surface area contributed by atoms with Gasteiger partial charge in [0.05, 0.1) is 17.5 Å². The lowest BCUT2D eigenvalue weighted by Crippen LogP contribution is -2.14. The van der Waals surface area contributed by atoms with E-state index in [1.165, 1.54) is 12.3 Å². The van der Waals surface area contributed by atoms with Crippen molar-refractivity contribution >= 4 is 5.91 Å². The van der Waals surface area contributed by atoms with Crippen LogP contribution in [0.3, 0.4) is 0 Å². The molecule has 2 aromatic heterocycles. The van der Waals surface area contributed by atoms with Crippen LogP contribution in [0.4, 0.5) is 0 Å². The quantitative estimate of drug-likeness (QED) is 0.843. The fraction of sp³-hybridized carbons (Fsp3) is 0.0833. The number of hydrogen-bond donors (Lipinski definition) is 1. The van der Waals surface area contributed by atoms with Crippen molar-refractivity contribution in [1.29, 1.82) is 5.26 Å². The molecule has 2 heterocycles. The van der Waals surface area contributed by atoms with Crippen LogP contribution >= 0.6 is 0 Å². The lowest BCUT2D eigenvalue weighted by Gasteiger charge is -2.05. The largest absolute Gasteiger partial charge is 0.464 e. The number of nitrogens with two attached hydrogens (primary N) is 1. The van der Waals surface area contributed by atoms with Crippen molar-refractivity contribution in [1.82, 2.24) is 4.98 Å². The summed E-state index contributed by atoms with van der Waals surface area (Å²) in [5, 5.41) is 9.08. The summed E-state index contributed by atoms with van der Waals surface area (Å²) in [7, 11) is 0. The SMILES string of the molecule is Cc1nc(C(N)=O)cc(-c2ccco2)c1C#N. The van der Waals surface area contributed by atoms with Gasteiger partial charge < -0.3 is 10.2 Å². The molecule has 0 aliphatic carbocycles. The summed E-state index contributed by atoms with van der Waals surface area (Å²) in [6, 6.07) is 6.92. The van der Waals surface area contributed by atoms with E-state index >= 15 is 0 Å². The van der Waals surface area contributed by atoms with Gasteiger partial charge in [-0.2, -0.15) is 5.26 Å². The zero-order chi connectivity index (χ0) is 12.4. The number of carbonyl (C=O) groups is 1. The van der Waals surface area contributed by atoms with E-state index in [0.29, 0.717) is 22.6 Å². The second-order valence-corrected chi connectivity index (χ2v) is 3.47. The summed E-state index contributed by atoms with van der Waals surface area (Å²) in [5.74, 6) is -0.125. The molecule has 0 bridgehead atoms. The Labute approximate surface area is 97.5 Å². The number of carbonyl (C=O) groups excluding carboxylic acids is 1. The van der Waals surface area contributed by atoms with E-state index in [1.54, 1.807) is 19.1 Å². The highest BCUT2D eigenvalue weighted by molar-refractivity contribution is 5.92. The zero-order valence-electron chi connectivity index (χ0n) is 9.10. The van der Waals surface area contributed by atoms with Gasteiger partial charge in [-0.3, -0.25) is 4.79 Å². The molecular weight excluding hydrogens is 218 g/mol. The fourth-order valence-corrected chi connectivity index (χ4v) is 1.57. The molecule has 17 heavy (non-hydrogen) atoms. The summed E-state index contributed by atoms with van der Waals surface area (Å²) >= 11 is 0. The lowest BCUT2D eigenvalue weighted by atomic mass is 10.0. The van der Waals surface area contributed by atoms with Gasteiger partial charge in [0.1, 0.15) is 17.5 Å². The van der Waals surface area contributed by atoms with Gasteiger partial charge in [-0.1, -0.05) is 0 Å². The van der Waals surface area contributed by atoms with E-state index in [9.17, 15) is 4.79 Å². The molecule has 5 nitrogen and oxygen atoms in total. The van der Waals surface area contributed by atoms with Gasteiger partial charge in [0.25, 0.3) is 5.91 Å². The molecule has 1 amide bonds. The van der Waals surface area contributed by atoms with Crippen LogP contribution in [0.25, 0.3) is 11.3 Å². The molecule has 2 rings (SSSR count). The number of rotatable bonds is 2. The third-order valence-electron chi connectivity index (χ3n) is 2.35. The molecule has 0 aliphatic rings. The minimum atomic E-state index is -0.634. The van der Waals surface area contributed by atoms with Crippen molar-refractivity contribution in [2.24, 2.45) is 5.73 Å². The Morgan fingerprint density at radius 2 is 2.35 bits per heavy atom. The predicted octanol–water partition coefficient (Wildman–Crippen LogP) is 1.62. The van der Waals surface area contributed by atoms with Gasteiger partial charge in [0.15, 0.2) is 0 Å². The molecule has 0 saturated heterocycles. The van der Waals surface area contributed by atoms with E-state index in [4.69, 9.17) is 15.4 Å². The number of aromatic nitrogens is 1. The molecule has 5 heteroatoms. The number of pyridine rings is 1. The first-order valence-electron chi connectivity index (χ1n) is 4.89. The maximum Gasteiger partial charge on any atom is 0.267 e. The Balaban J connectivity index is 2.72. The number of aryl methyl sites for hydroxylation is 1. The van der Waals surface area contributed by atoms with Gasteiger partial charge >= 0.3 is 0 Å². The molecule has 0 unspecified atom stereocenters. The predicted molar refractivity (Wildman–Crippen MR) is 59.9 cm³/mol. The number of nitriles is 1. The molecule has 0 atom stereocenters. The first-order valence-corrected chi connectivity index (χ1v) is 4.89. The van der Waals surface area contributed by atoms with Gasteiger partial charge in [-0.25, -0.2) is 4.98 Å². The van der Waals surface area contributed by atoms with E-state index in [-0.39, 0.29) is 5.69 Å². The van der Waals surface area contributed by atoms with Gasteiger partial charge in [0, 0.05) is 5.56 Å². The zero-order valence-corrected chi connectivity index (χ0v) is 9.10. The van der Waals surface area contributed by atoms with Crippen LogP contribution < -0.4 is 5.73 Å². The van der Waals surface area contributed by atoms with Crippen molar-refractivity contribution in [2.75, 3.05) is 0 Å². The molecular formula is C12H9N3O2. The van der Waals surface area contributed by atoms with Crippen LogP contribution in [0.5, 0.6) is 0 Å². The van der Waals surface area contributed by atoms with Crippen molar-refractivity contribution in [3.63, 3.8) is 0 Å². The highest BCUT2D eigenvalue weighted by Crippen LogP contribution is 2.26. The van der Waals surface area contributed by atoms with Crippen molar-refractivity contribution in [3.05, 3.63) is 41.4 Å². The van der Waals surface area contributed by atoms with Crippen LogP contribution in [0.1, 0.15) is 21.7 Å². The number of hydrogen-bond acceptors (Lipinski definition) is 4. The second kappa shape index (κ2) is 4.10. The molecule has 84 valence electrons. The molecule has 0 saturated carbocycles. The fourth-order valence-electron chi connectivity index (χ4n) is 1.57. The van der Waals surface area contributed by atoms with Crippen LogP contribution in [-0.2, 0) is 0 Å². The van der Waals surface area contributed by atoms with Crippen LogP contribution in [-0.4, -0.2) is 10.9 Å². The van der Waals surface area contributed by atoms with Crippen LogP contribution in [0, 0.1) is 18.3 Å². The van der Waals surface area contributed by atoms with Crippen molar-refractivity contribution in [2.45, 2.75) is 6.92 Å². The summed E-state index contributed by atoms with van der Waals surface area (Å²) < 4.78 is 5.22. The van der Waals surface area contributed by atoms with Crippen molar-refractivity contribution < 1.29 is 9.21 Å². The third kappa shape index (κ3) is 1.88. The molecule has 0 spiro atoms. The Morgan fingerprint density at radius 3 is 2.88 bits per heavy atom. The monoisotopic (exact) mass is 227 g/mol. The first kappa shape index (κ1) is 10.9. The first-order chi connectivity index (χ1) is 8.13. The minimum absolute atomic E-state index is 0.118. The number of furan rings is 1. The highest BCUT2D eigenvalue weighted by atomic mass is 16.3. The topological polar surface area (TPSA) is 92.9 Å². The Hall–Kier alpha value is -2.61. The van der Waals surface area contributed by atoms with Crippen molar-refractivity contribution in [3.8, 4) is 17.4 Å². The summed E-state index contributed by atoms with van der Waals surface area (Å²) in [4.78, 5) is 15.1. The van der Waals surface area contributed by atoms with E-state index in [1.807, 2.05) is 6.07 Å². The lowest BCUT2D eigenvalue weighted by molar-refractivity contribution is 0.0995. The van der Waals surface area contributed by atoms with Gasteiger partial charge in [-0.15, -0.1) is 0 Å². The number of amides is 1. The summed E-state index contributed by atoms with van der Waals surface area (Å²) in [6.45, 7) is 1.65. The number of primary amides is 1. The summed E-state index contributed by atoms with van der Waals surface area (Å²) in [6.07, 6.45) is 1.50. The van der Waals surface area contributed by atoms with E-state index in [0.717, 1.165) is 0 Å². The standard InChI is InChI=1S/C12H9N3O2/c1-7-9(6-13)8(11-3-2-4-17-11)5-10(15-7)12(14)16/h2-5H,1H3,(H2,14,16). The number of nitrogens with zero attached hydrogens (tertiary/aromatic N) is 2. The molecule has 2 N–H and O–H groups in total. The molecule has 0 radical (unpaired) electrons. The molecule has 0 aliphatic heterocycles. The molecule has 0 fully saturated rings.